The Morgan fingerprint density at radius 1 is 1.46 bits per heavy atom. The van der Waals surface area contributed by atoms with Gasteiger partial charge in [-0.2, -0.15) is 0 Å². The third-order valence-electron chi connectivity index (χ3n) is 2.37. The molecule has 0 spiro atoms. The van der Waals surface area contributed by atoms with Gasteiger partial charge in [-0.15, -0.1) is 0 Å². The van der Waals surface area contributed by atoms with Gasteiger partial charge in [0.25, 0.3) is 0 Å². The van der Waals surface area contributed by atoms with Crippen molar-refractivity contribution in [2.75, 3.05) is 6.61 Å². The number of hydrogen-bond acceptors (Lipinski definition) is 2. The molecule has 2 nitrogen and oxygen atoms in total. The first-order valence-corrected chi connectivity index (χ1v) is 5.17. The normalized spacial score (nSPS) is 24.2. The van der Waals surface area contributed by atoms with Crippen LogP contribution in [0.25, 0.3) is 0 Å². The van der Waals surface area contributed by atoms with Crippen molar-refractivity contribution >= 4 is 5.71 Å². The molecule has 0 heterocycles. The highest BCUT2D eigenvalue weighted by Crippen LogP contribution is 2.35. The third kappa shape index (κ3) is 3.79. The number of nitrogens with zero attached hydrogens (tertiary/aromatic N) is 1. The summed E-state index contributed by atoms with van der Waals surface area (Å²) in [5.41, 5.74) is 1.69. The molecule has 0 unspecified atom stereocenters. The average Bonchev–Trinajstić information content (AvgIpc) is 2.29. The van der Waals surface area contributed by atoms with E-state index >= 15 is 0 Å². The Morgan fingerprint density at radius 3 is 2.62 bits per heavy atom. The van der Waals surface area contributed by atoms with Crippen LogP contribution in [0.15, 0.2) is 5.16 Å². The van der Waals surface area contributed by atoms with E-state index in [0.717, 1.165) is 19.4 Å². The lowest BCUT2D eigenvalue weighted by molar-refractivity contribution is 0.117. The molecule has 0 aliphatic heterocycles. The lowest BCUT2D eigenvalue weighted by Gasteiger charge is -2.13. The Balaban J connectivity index is 2.29. The second-order valence-electron chi connectivity index (χ2n) is 5.19. The lowest BCUT2D eigenvalue weighted by Crippen LogP contribution is -2.05. The molecule has 0 aromatic carbocycles. The standard InChI is InChI=1S/C11H21NO/c1-9(2)8-13-12-10-5-6-11(3,4)7-10/h9H,5-8H2,1-4H3/b12-10+. The van der Waals surface area contributed by atoms with Crippen LogP contribution in [0.3, 0.4) is 0 Å². The van der Waals surface area contributed by atoms with Gasteiger partial charge in [-0.1, -0.05) is 32.9 Å². The zero-order valence-corrected chi connectivity index (χ0v) is 9.26. The average molecular weight is 183 g/mol. The van der Waals surface area contributed by atoms with E-state index < -0.39 is 0 Å². The molecule has 0 aromatic rings. The largest absolute Gasteiger partial charge is 0.396 e. The third-order valence-corrected chi connectivity index (χ3v) is 2.37. The predicted octanol–water partition coefficient (Wildman–Crippen LogP) is 3.23. The molecule has 0 N–H and O–H groups in total. The highest BCUT2D eigenvalue weighted by atomic mass is 16.6. The van der Waals surface area contributed by atoms with Crippen LogP contribution in [0.5, 0.6) is 0 Å². The smallest absolute Gasteiger partial charge is 0.119 e. The Bertz CT molecular complexity index is 194. The molecule has 1 aliphatic rings. The van der Waals surface area contributed by atoms with Crippen LogP contribution in [-0.4, -0.2) is 12.3 Å². The van der Waals surface area contributed by atoms with Crippen molar-refractivity contribution < 1.29 is 4.84 Å². The molecule has 2 heteroatoms. The highest BCUT2D eigenvalue weighted by molar-refractivity contribution is 5.86. The first-order chi connectivity index (χ1) is 5.99. The summed E-state index contributed by atoms with van der Waals surface area (Å²) in [6, 6.07) is 0. The number of oxime groups is 1. The molecular formula is C11H21NO. The van der Waals surface area contributed by atoms with Crippen molar-refractivity contribution in [3.63, 3.8) is 0 Å². The maximum atomic E-state index is 5.26. The molecule has 0 atom stereocenters. The lowest BCUT2D eigenvalue weighted by atomic mass is 9.92. The maximum absolute atomic E-state index is 5.26. The fourth-order valence-electron chi connectivity index (χ4n) is 1.57. The minimum atomic E-state index is 0.444. The molecule has 76 valence electrons. The number of rotatable bonds is 3. The van der Waals surface area contributed by atoms with E-state index in [-0.39, 0.29) is 0 Å². The molecule has 0 saturated heterocycles. The monoisotopic (exact) mass is 183 g/mol. The molecule has 0 aromatic heterocycles. The summed E-state index contributed by atoms with van der Waals surface area (Å²) in [4.78, 5) is 5.26. The van der Waals surface area contributed by atoms with Crippen LogP contribution < -0.4 is 0 Å². The number of hydrogen-bond donors (Lipinski definition) is 0. The van der Waals surface area contributed by atoms with Crippen molar-refractivity contribution in [1.29, 1.82) is 0 Å². The van der Waals surface area contributed by atoms with Crippen LogP contribution in [-0.2, 0) is 4.84 Å². The first kappa shape index (κ1) is 10.6. The van der Waals surface area contributed by atoms with Crippen LogP contribution in [0.1, 0.15) is 47.0 Å². The Labute approximate surface area is 81.3 Å². The summed E-state index contributed by atoms with van der Waals surface area (Å²) < 4.78 is 0. The van der Waals surface area contributed by atoms with E-state index in [1.165, 1.54) is 12.1 Å². The van der Waals surface area contributed by atoms with E-state index in [0.29, 0.717) is 11.3 Å². The molecule has 0 bridgehead atoms. The fourth-order valence-corrected chi connectivity index (χ4v) is 1.57. The van der Waals surface area contributed by atoms with E-state index in [2.05, 4.69) is 32.9 Å². The van der Waals surface area contributed by atoms with Gasteiger partial charge in [0.15, 0.2) is 0 Å². The van der Waals surface area contributed by atoms with E-state index in [4.69, 9.17) is 4.84 Å². The predicted molar refractivity (Wildman–Crippen MR) is 55.9 cm³/mol. The summed E-state index contributed by atoms with van der Waals surface area (Å²) in [5, 5.41) is 4.18. The Hall–Kier alpha value is -0.530. The molecule has 1 rings (SSSR count). The minimum Gasteiger partial charge on any atom is -0.396 e. The molecule has 0 amide bonds. The van der Waals surface area contributed by atoms with Gasteiger partial charge in [0.1, 0.15) is 6.61 Å². The summed E-state index contributed by atoms with van der Waals surface area (Å²) in [5.74, 6) is 0.568. The topological polar surface area (TPSA) is 21.6 Å². The fraction of sp³-hybridized carbons (Fsp3) is 0.909. The van der Waals surface area contributed by atoms with Gasteiger partial charge < -0.3 is 4.84 Å². The molecule has 1 aliphatic carbocycles. The summed E-state index contributed by atoms with van der Waals surface area (Å²) in [6.45, 7) is 9.59. The van der Waals surface area contributed by atoms with E-state index in [1.807, 2.05) is 0 Å². The van der Waals surface area contributed by atoms with Crippen molar-refractivity contribution in [1.82, 2.24) is 0 Å². The zero-order chi connectivity index (χ0) is 9.90. The minimum absolute atomic E-state index is 0.444. The quantitative estimate of drug-likeness (QED) is 0.616. The second kappa shape index (κ2) is 4.12. The molecular weight excluding hydrogens is 162 g/mol. The van der Waals surface area contributed by atoms with Crippen molar-refractivity contribution in [3.05, 3.63) is 0 Å². The molecule has 13 heavy (non-hydrogen) atoms. The molecule has 1 saturated carbocycles. The van der Waals surface area contributed by atoms with Gasteiger partial charge in [0, 0.05) is 0 Å². The summed E-state index contributed by atoms with van der Waals surface area (Å²) in [6.07, 6.45) is 3.47. The highest BCUT2D eigenvalue weighted by Gasteiger charge is 2.28. The zero-order valence-electron chi connectivity index (χ0n) is 9.26. The van der Waals surface area contributed by atoms with Crippen LogP contribution >= 0.6 is 0 Å². The van der Waals surface area contributed by atoms with Crippen LogP contribution in [0.4, 0.5) is 0 Å². The van der Waals surface area contributed by atoms with E-state index in [9.17, 15) is 0 Å². The Morgan fingerprint density at radius 2 is 2.15 bits per heavy atom. The van der Waals surface area contributed by atoms with Crippen molar-refractivity contribution in [3.8, 4) is 0 Å². The van der Waals surface area contributed by atoms with Gasteiger partial charge in [-0.25, -0.2) is 0 Å². The van der Waals surface area contributed by atoms with Crippen molar-refractivity contribution in [2.24, 2.45) is 16.5 Å². The van der Waals surface area contributed by atoms with Gasteiger partial charge in [0.2, 0.25) is 0 Å². The van der Waals surface area contributed by atoms with Gasteiger partial charge in [-0.3, -0.25) is 0 Å². The summed E-state index contributed by atoms with van der Waals surface area (Å²) in [7, 11) is 0. The molecule has 0 radical (unpaired) electrons. The Kier molecular flexibility index (Phi) is 3.34. The second-order valence-corrected chi connectivity index (χ2v) is 5.19. The van der Waals surface area contributed by atoms with Gasteiger partial charge >= 0.3 is 0 Å². The van der Waals surface area contributed by atoms with E-state index in [1.54, 1.807) is 0 Å². The van der Waals surface area contributed by atoms with Gasteiger partial charge in [-0.05, 0) is 30.6 Å². The molecule has 1 fully saturated rings. The first-order valence-electron chi connectivity index (χ1n) is 5.17. The van der Waals surface area contributed by atoms with Crippen molar-refractivity contribution in [2.45, 2.75) is 47.0 Å². The summed E-state index contributed by atoms with van der Waals surface area (Å²) >= 11 is 0. The maximum Gasteiger partial charge on any atom is 0.119 e. The van der Waals surface area contributed by atoms with Crippen LogP contribution in [0.2, 0.25) is 0 Å². The SMILES string of the molecule is CC(C)CO/N=C1\CCC(C)(C)C1. The van der Waals surface area contributed by atoms with Crippen LogP contribution in [0, 0.1) is 11.3 Å². The van der Waals surface area contributed by atoms with Gasteiger partial charge in [0.05, 0.1) is 5.71 Å².